The van der Waals surface area contributed by atoms with Crippen molar-refractivity contribution in [3.8, 4) is 0 Å². The van der Waals surface area contributed by atoms with Gasteiger partial charge in [0.25, 0.3) is 5.91 Å². The first-order chi connectivity index (χ1) is 18.3. The van der Waals surface area contributed by atoms with E-state index in [1.807, 2.05) is 18.7 Å². The zero-order chi connectivity index (χ0) is 27.5. The van der Waals surface area contributed by atoms with Gasteiger partial charge in [0.05, 0.1) is 23.8 Å². The van der Waals surface area contributed by atoms with Gasteiger partial charge in [-0.3, -0.25) is 9.59 Å². The van der Waals surface area contributed by atoms with Crippen molar-refractivity contribution in [2.45, 2.75) is 64.2 Å². The third-order valence-electron chi connectivity index (χ3n) is 6.53. The second-order valence-electron chi connectivity index (χ2n) is 9.90. The minimum absolute atomic E-state index is 0.0227. The highest BCUT2D eigenvalue weighted by Gasteiger charge is 2.27. The van der Waals surface area contributed by atoms with E-state index in [0.29, 0.717) is 42.9 Å². The van der Waals surface area contributed by atoms with Gasteiger partial charge in [0.15, 0.2) is 0 Å². The Morgan fingerprint density at radius 3 is 2.58 bits per heavy atom. The Hall–Kier alpha value is -2.82. The summed E-state index contributed by atoms with van der Waals surface area (Å²) in [4.78, 5) is 27.9. The van der Waals surface area contributed by atoms with Crippen LogP contribution in [-0.2, 0) is 20.7 Å². The van der Waals surface area contributed by atoms with E-state index in [0.717, 1.165) is 38.4 Å². The Bertz CT molecular complexity index is 990. The van der Waals surface area contributed by atoms with Gasteiger partial charge in [0, 0.05) is 57.2 Å². The molecule has 3 atom stereocenters. The zero-order valence-electron chi connectivity index (χ0n) is 22.3. The Balaban J connectivity index is 1.74. The van der Waals surface area contributed by atoms with Crippen LogP contribution < -0.4 is 16.0 Å². The molecule has 0 bridgehead atoms. The Morgan fingerprint density at radius 2 is 1.92 bits per heavy atom. The fourth-order valence-electron chi connectivity index (χ4n) is 4.63. The van der Waals surface area contributed by atoms with E-state index in [1.165, 1.54) is 12.1 Å². The lowest BCUT2D eigenvalue weighted by molar-refractivity contribution is -0.119. The number of aliphatic hydroxyl groups is 1. The van der Waals surface area contributed by atoms with Crippen LogP contribution in [0, 0.1) is 11.6 Å². The van der Waals surface area contributed by atoms with Crippen molar-refractivity contribution in [1.82, 2.24) is 20.9 Å². The van der Waals surface area contributed by atoms with Gasteiger partial charge in [-0.05, 0) is 55.9 Å². The molecule has 4 N–H and O–H groups in total. The van der Waals surface area contributed by atoms with Gasteiger partial charge in [-0.25, -0.2) is 8.78 Å². The third kappa shape index (κ3) is 9.18. The number of hydrogen-bond donors (Lipinski definition) is 4. The summed E-state index contributed by atoms with van der Waals surface area (Å²) in [6.45, 7) is 6.90. The molecule has 2 heterocycles. The predicted molar refractivity (Wildman–Crippen MR) is 141 cm³/mol. The van der Waals surface area contributed by atoms with Crippen LogP contribution in [0.4, 0.5) is 8.78 Å². The van der Waals surface area contributed by atoms with Gasteiger partial charge in [0.1, 0.15) is 11.6 Å². The molecule has 1 saturated heterocycles. The molecule has 2 aliphatic rings. The lowest BCUT2D eigenvalue weighted by atomic mass is 9.99. The van der Waals surface area contributed by atoms with Crippen LogP contribution in [0.1, 0.15) is 45.1 Å². The summed E-state index contributed by atoms with van der Waals surface area (Å²) in [6.07, 6.45) is 5.93. The molecule has 0 radical (unpaired) electrons. The second-order valence-corrected chi connectivity index (χ2v) is 9.90. The molecule has 0 saturated carbocycles. The third-order valence-corrected chi connectivity index (χ3v) is 6.53. The molecule has 1 aromatic rings. The summed E-state index contributed by atoms with van der Waals surface area (Å²) >= 11 is 0. The minimum atomic E-state index is -1.04. The molecule has 2 amide bonds. The summed E-state index contributed by atoms with van der Waals surface area (Å²) in [6, 6.07) is 2.33. The summed E-state index contributed by atoms with van der Waals surface area (Å²) in [5.74, 6) is -2.16. The summed E-state index contributed by atoms with van der Waals surface area (Å²) in [5.41, 5.74) is 1.07. The van der Waals surface area contributed by atoms with Crippen molar-refractivity contribution in [2.75, 3.05) is 39.3 Å². The van der Waals surface area contributed by atoms with Crippen LogP contribution in [0.2, 0.25) is 0 Å². The van der Waals surface area contributed by atoms with E-state index in [1.54, 1.807) is 12.3 Å². The fraction of sp³-hybridized carbons (Fsp3) is 0.571. The number of nitrogens with one attached hydrogen (secondary N) is 3. The Kier molecular flexibility index (Phi) is 11.7. The van der Waals surface area contributed by atoms with E-state index in [2.05, 4.69) is 16.0 Å². The zero-order valence-corrected chi connectivity index (χ0v) is 22.3. The van der Waals surface area contributed by atoms with Crippen LogP contribution in [0.5, 0.6) is 0 Å². The van der Waals surface area contributed by atoms with Crippen molar-refractivity contribution in [3.63, 3.8) is 0 Å². The first kappa shape index (κ1) is 29.7. The van der Waals surface area contributed by atoms with Crippen LogP contribution >= 0.6 is 0 Å². The number of rotatable bonds is 14. The topological polar surface area (TPSA) is 103 Å². The van der Waals surface area contributed by atoms with Gasteiger partial charge >= 0.3 is 0 Å². The molecule has 8 nitrogen and oxygen atoms in total. The molecule has 0 spiro atoms. The van der Waals surface area contributed by atoms with Crippen molar-refractivity contribution in [3.05, 3.63) is 58.8 Å². The van der Waals surface area contributed by atoms with Gasteiger partial charge < -0.3 is 30.7 Å². The maximum Gasteiger partial charge on any atom is 0.252 e. The van der Waals surface area contributed by atoms with Crippen molar-refractivity contribution in [2.24, 2.45) is 0 Å². The number of nitrogens with zero attached hydrogens (tertiary/aromatic N) is 1. The van der Waals surface area contributed by atoms with Gasteiger partial charge in [-0.1, -0.05) is 13.8 Å². The maximum absolute atomic E-state index is 13.9. The number of halogens is 2. The predicted octanol–water partition coefficient (Wildman–Crippen LogP) is 2.18. The normalized spacial score (nSPS) is 19.0. The first-order valence-corrected chi connectivity index (χ1v) is 13.5. The number of aliphatic hydroxyl groups excluding tert-OH is 1. The number of hydrogen-bond acceptors (Lipinski definition) is 6. The Labute approximate surface area is 223 Å². The SMILES string of the molecule is CCCNC(=O)C1=CN(CCC)CC(C(=O)N[C@@H](Cc2cc(F)cc(F)c2)[C@H](O)CNC[C@@H]2CCCO2)=C1. The number of benzene rings is 1. The Morgan fingerprint density at radius 1 is 1.16 bits per heavy atom. The molecule has 0 aromatic heterocycles. The van der Waals surface area contributed by atoms with Crippen molar-refractivity contribution < 1.29 is 28.2 Å². The van der Waals surface area contributed by atoms with E-state index in [-0.39, 0.29) is 25.0 Å². The average molecular weight is 535 g/mol. The molecule has 210 valence electrons. The molecule has 10 heteroatoms. The van der Waals surface area contributed by atoms with E-state index in [9.17, 15) is 23.5 Å². The fourth-order valence-corrected chi connectivity index (χ4v) is 4.63. The summed E-state index contributed by atoms with van der Waals surface area (Å²) in [7, 11) is 0. The number of carbonyl (C=O) groups is 2. The van der Waals surface area contributed by atoms with Gasteiger partial charge in [0.2, 0.25) is 5.91 Å². The molecule has 38 heavy (non-hydrogen) atoms. The first-order valence-electron chi connectivity index (χ1n) is 13.5. The molecule has 0 unspecified atom stereocenters. The van der Waals surface area contributed by atoms with Crippen LogP contribution in [0.25, 0.3) is 0 Å². The molecule has 3 rings (SSSR count). The quantitative estimate of drug-likeness (QED) is 0.292. The smallest absolute Gasteiger partial charge is 0.252 e. The van der Waals surface area contributed by atoms with Crippen LogP contribution in [-0.4, -0.2) is 79.4 Å². The number of ether oxygens (including phenoxy) is 1. The average Bonchev–Trinajstić information content (AvgIpc) is 3.39. The van der Waals surface area contributed by atoms with Crippen molar-refractivity contribution in [1.29, 1.82) is 0 Å². The van der Waals surface area contributed by atoms with E-state index in [4.69, 9.17) is 4.74 Å². The molecule has 2 aliphatic heterocycles. The molecule has 0 aliphatic carbocycles. The minimum Gasteiger partial charge on any atom is -0.390 e. The molecule has 1 aromatic carbocycles. The highest BCUT2D eigenvalue weighted by Crippen LogP contribution is 2.17. The number of amides is 2. The van der Waals surface area contributed by atoms with Crippen LogP contribution in [0.15, 0.2) is 41.6 Å². The standard InChI is InChI=1S/C28H40F2N4O4/c1-3-7-32-27(36)20-13-21(18-34(17-20)8-4-2)28(37)33-25(12-19-10-22(29)14-23(30)11-19)26(35)16-31-15-24-6-5-9-38-24/h10-11,13-14,17,24-26,31,35H,3-9,12,15-16,18H2,1-2H3,(H,32,36)(H,33,37)/t24-,25-,26+/m0/s1. The lowest BCUT2D eigenvalue weighted by Gasteiger charge is -2.29. The highest BCUT2D eigenvalue weighted by atomic mass is 19.1. The van der Waals surface area contributed by atoms with Crippen LogP contribution in [0.3, 0.4) is 0 Å². The van der Waals surface area contributed by atoms with Gasteiger partial charge in [-0.15, -0.1) is 0 Å². The van der Waals surface area contributed by atoms with Crippen molar-refractivity contribution >= 4 is 11.8 Å². The maximum atomic E-state index is 13.9. The molecule has 1 fully saturated rings. The summed E-state index contributed by atoms with van der Waals surface area (Å²) in [5, 5.41) is 19.9. The van der Waals surface area contributed by atoms with E-state index < -0.39 is 29.7 Å². The largest absolute Gasteiger partial charge is 0.390 e. The monoisotopic (exact) mass is 534 g/mol. The highest BCUT2D eigenvalue weighted by molar-refractivity contribution is 6.01. The van der Waals surface area contributed by atoms with Gasteiger partial charge in [-0.2, -0.15) is 0 Å². The summed E-state index contributed by atoms with van der Waals surface area (Å²) < 4.78 is 33.3. The second kappa shape index (κ2) is 14.9. The number of carbonyl (C=O) groups excluding carboxylic acids is 2. The molecular weight excluding hydrogens is 494 g/mol. The van der Waals surface area contributed by atoms with E-state index >= 15 is 0 Å². The lowest BCUT2D eigenvalue weighted by Crippen LogP contribution is -2.50. The molecular formula is C28H40F2N4O4.